The molecule has 88 valence electrons. The fourth-order valence-electron chi connectivity index (χ4n) is 1.29. The van der Waals surface area contributed by atoms with Gasteiger partial charge in [0, 0.05) is 6.07 Å². The monoisotopic (exact) mass is 233 g/mol. The highest BCUT2D eigenvalue weighted by molar-refractivity contribution is 5.53. The summed E-state index contributed by atoms with van der Waals surface area (Å²) in [7, 11) is 0. The van der Waals surface area contributed by atoms with Gasteiger partial charge < -0.3 is 10.5 Å². The zero-order chi connectivity index (χ0) is 12.4. The second-order valence-electron chi connectivity index (χ2n) is 3.66. The second kappa shape index (κ2) is 4.37. The first-order valence-corrected chi connectivity index (χ1v) is 5.09. The van der Waals surface area contributed by atoms with E-state index in [1.165, 1.54) is 24.4 Å². The highest BCUT2D eigenvalue weighted by Gasteiger charge is 2.06. The van der Waals surface area contributed by atoms with Crippen LogP contribution in [0.1, 0.15) is 11.4 Å². The van der Waals surface area contributed by atoms with Gasteiger partial charge in [0.05, 0.1) is 23.3 Å². The van der Waals surface area contributed by atoms with Crippen LogP contribution in [0.4, 0.5) is 10.1 Å². The molecule has 0 aliphatic heterocycles. The van der Waals surface area contributed by atoms with Crippen molar-refractivity contribution in [2.24, 2.45) is 0 Å². The van der Waals surface area contributed by atoms with Gasteiger partial charge in [0.2, 0.25) is 5.88 Å². The van der Waals surface area contributed by atoms with Gasteiger partial charge in [-0.15, -0.1) is 0 Å². The molecule has 1 aromatic carbocycles. The van der Waals surface area contributed by atoms with Gasteiger partial charge in [0.15, 0.2) is 5.75 Å². The van der Waals surface area contributed by atoms with Crippen LogP contribution < -0.4 is 10.5 Å². The maximum absolute atomic E-state index is 12.8. The Bertz CT molecular complexity index is 557. The van der Waals surface area contributed by atoms with Gasteiger partial charge in [0.25, 0.3) is 0 Å². The number of hydrogen-bond acceptors (Lipinski definition) is 4. The standard InChI is InChI=1S/C12H12FN3O/c1-7-8(2)16-12(6-15-7)17-11-4-3-9(13)5-10(11)14/h3-6H,14H2,1-2H3. The van der Waals surface area contributed by atoms with Gasteiger partial charge in [-0.2, -0.15) is 0 Å². The largest absolute Gasteiger partial charge is 0.435 e. The van der Waals surface area contributed by atoms with Crippen LogP contribution in [-0.4, -0.2) is 9.97 Å². The number of anilines is 1. The molecule has 0 aliphatic carbocycles. The lowest BCUT2D eigenvalue weighted by atomic mass is 10.3. The molecule has 1 aromatic heterocycles. The van der Waals surface area contributed by atoms with Gasteiger partial charge in [-0.1, -0.05) is 0 Å². The Hall–Kier alpha value is -2.17. The van der Waals surface area contributed by atoms with Gasteiger partial charge in [-0.05, 0) is 26.0 Å². The highest BCUT2D eigenvalue weighted by Crippen LogP contribution is 2.26. The number of hydrogen-bond donors (Lipinski definition) is 1. The van der Waals surface area contributed by atoms with E-state index in [1.54, 1.807) is 0 Å². The first-order valence-electron chi connectivity index (χ1n) is 5.09. The minimum absolute atomic E-state index is 0.227. The maximum Gasteiger partial charge on any atom is 0.238 e. The Kier molecular flexibility index (Phi) is 2.91. The summed E-state index contributed by atoms with van der Waals surface area (Å²) in [6, 6.07) is 3.94. The maximum atomic E-state index is 12.8. The number of ether oxygens (including phenoxy) is 1. The molecule has 0 saturated carbocycles. The summed E-state index contributed by atoms with van der Waals surface area (Å²) in [6.45, 7) is 3.70. The average molecular weight is 233 g/mol. The van der Waals surface area contributed by atoms with E-state index in [0.29, 0.717) is 11.6 Å². The lowest BCUT2D eigenvalue weighted by Gasteiger charge is -2.08. The number of aromatic nitrogens is 2. The first-order chi connectivity index (χ1) is 8.06. The molecule has 2 N–H and O–H groups in total. The van der Waals surface area contributed by atoms with Crippen LogP contribution in [0, 0.1) is 19.7 Å². The molecule has 5 heteroatoms. The van der Waals surface area contributed by atoms with Crippen molar-refractivity contribution in [2.75, 3.05) is 5.73 Å². The van der Waals surface area contributed by atoms with E-state index < -0.39 is 5.82 Å². The van der Waals surface area contributed by atoms with E-state index >= 15 is 0 Å². The normalized spacial score (nSPS) is 10.3. The molecule has 0 spiro atoms. The first kappa shape index (κ1) is 11.3. The second-order valence-corrected chi connectivity index (χ2v) is 3.66. The zero-order valence-electron chi connectivity index (χ0n) is 9.57. The van der Waals surface area contributed by atoms with Gasteiger partial charge in [-0.25, -0.2) is 9.37 Å². The number of nitrogens with two attached hydrogens (primary N) is 1. The summed E-state index contributed by atoms with van der Waals surface area (Å²) in [6.07, 6.45) is 1.51. The molecule has 0 aliphatic rings. The van der Waals surface area contributed by atoms with Crippen molar-refractivity contribution >= 4 is 5.69 Å². The molecule has 2 aromatic rings. The molecular formula is C12H12FN3O. The number of halogens is 1. The Balaban J connectivity index is 2.28. The van der Waals surface area contributed by atoms with Crippen LogP contribution in [-0.2, 0) is 0 Å². The SMILES string of the molecule is Cc1ncc(Oc2ccc(F)cc2N)nc1C. The molecule has 0 radical (unpaired) electrons. The average Bonchev–Trinajstić information content (AvgIpc) is 2.27. The Labute approximate surface area is 98.3 Å². The van der Waals surface area contributed by atoms with E-state index in [1.807, 2.05) is 13.8 Å². The van der Waals surface area contributed by atoms with Crippen molar-refractivity contribution in [2.45, 2.75) is 13.8 Å². The fourth-order valence-corrected chi connectivity index (χ4v) is 1.29. The van der Waals surface area contributed by atoms with Crippen LogP contribution in [0.2, 0.25) is 0 Å². The molecule has 0 atom stereocenters. The van der Waals surface area contributed by atoms with Crippen molar-refractivity contribution in [3.05, 3.63) is 41.6 Å². The molecule has 0 saturated heterocycles. The molecule has 4 nitrogen and oxygen atoms in total. The molecule has 2 rings (SSSR count). The lowest BCUT2D eigenvalue weighted by molar-refractivity contribution is 0.459. The predicted octanol–water partition coefficient (Wildman–Crippen LogP) is 2.61. The third kappa shape index (κ3) is 2.50. The van der Waals surface area contributed by atoms with Gasteiger partial charge in [-0.3, -0.25) is 4.98 Å². The van der Waals surface area contributed by atoms with Crippen LogP contribution in [0.15, 0.2) is 24.4 Å². The number of nitrogens with zero attached hydrogens (tertiary/aromatic N) is 2. The van der Waals surface area contributed by atoms with Crippen LogP contribution >= 0.6 is 0 Å². The summed E-state index contributed by atoms with van der Waals surface area (Å²) < 4.78 is 18.3. The number of aryl methyl sites for hydroxylation is 2. The smallest absolute Gasteiger partial charge is 0.238 e. The summed E-state index contributed by atoms with van der Waals surface area (Å²) in [5.41, 5.74) is 7.47. The Morgan fingerprint density at radius 2 is 2.00 bits per heavy atom. The molecular weight excluding hydrogens is 221 g/mol. The van der Waals surface area contributed by atoms with Crippen LogP contribution in [0.25, 0.3) is 0 Å². The summed E-state index contributed by atoms with van der Waals surface area (Å²) in [5, 5.41) is 0. The van der Waals surface area contributed by atoms with Crippen LogP contribution in [0.5, 0.6) is 11.6 Å². The number of benzene rings is 1. The topological polar surface area (TPSA) is 61.0 Å². The van der Waals surface area contributed by atoms with E-state index in [4.69, 9.17) is 10.5 Å². The minimum atomic E-state index is -0.402. The van der Waals surface area contributed by atoms with Crippen molar-refractivity contribution in [3.8, 4) is 11.6 Å². The number of rotatable bonds is 2. The van der Waals surface area contributed by atoms with E-state index in [2.05, 4.69) is 9.97 Å². The Morgan fingerprint density at radius 3 is 2.65 bits per heavy atom. The Morgan fingerprint density at radius 1 is 1.24 bits per heavy atom. The summed E-state index contributed by atoms with van der Waals surface area (Å²) in [5.74, 6) is 0.302. The summed E-state index contributed by atoms with van der Waals surface area (Å²) >= 11 is 0. The fraction of sp³-hybridized carbons (Fsp3) is 0.167. The molecule has 1 heterocycles. The zero-order valence-corrected chi connectivity index (χ0v) is 9.57. The predicted molar refractivity (Wildman–Crippen MR) is 62.4 cm³/mol. The van der Waals surface area contributed by atoms with Gasteiger partial charge >= 0.3 is 0 Å². The molecule has 0 bridgehead atoms. The third-order valence-corrected chi connectivity index (χ3v) is 2.36. The minimum Gasteiger partial charge on any atom is -0.435 e. The van der Waals surface area contributed by atoms with Crippen molar-refractivity contribution < 1.29 is 9.13 Å². The molecule has 0 fully saturated rings. The summed E-state index contributed by atoms with van der Waals surface area (Å²) in [4.78, 5) is 8.32. The van der Waals surface area contributed by atoms with E-state index in [9.17, 15) is 4.39 Å². The molecule has 0 unspecified atom stereocenters. The lowest BCUT2D eigenvalue weighted by Crippen LogP contribution is -1.97. The highest BCUT2D eigenvalue weighted by atomic mass is 19.1. The third-order valence-electron chi connectivity index (χ3n) is 2.36. The van der Waals surface area contributed by atoms with E-state index in [-0.39, 0.29) is 5.69 Å². The molecule has 17 heavy (non-hydrogen) atoms. The van der Waals surface area contributed by atoms with Crippen molar-refractivity contribution in [3.63, 3.8) is 0 Å². The van der Waals surface area contributed by atoms with E-state index in [0.717, 1.165) is 11.4 Å². The van der Waals surface area contributed by atoms with Crippen LogP contribution in [0.3, 0.4) is 0 Å². The van der Waals surface area contributed by atoms with Gasteiger partial charge in [0.1, 0.15) is 5.82 Å². The van der Waals surface area contributed by atoms with Crippen molar-refractivity contribution in [1.29, 1.82) is 0 Å². The molecule has 0 amide bonds. The quantitative estimate of drug-likeness (QED) is 0.810. The number of nitrogen functional groups attached to an aromatic ring is 1. The van der Waals surface area contributed by atoms with Crippen molar-refractivity contribution in [1.82, 2.24) is 9.97 Å².